The zero-order valence-corrected chi connectivity index (χ0v) is 15.0. The predicted octanol–water partition coefficient (Wildman–Crippen LogP) is 3.70. The molecule has 0 saturated heterocycles. The minimum atomic E-state index is -3.54. The summed E-state index contributed by atoms with van der Waals surface area (Å²) in [5.41, 5.74) is 0. The van der Waals surface area contributed by atoms with E-state index in [0.717, 1.165) is 0 Å². The summed E-state index contributed by atoms with van der Waals surface area (Å²) in [6.45, 7) is 4.02. The van der Waals surface area contributed by atoms with Crippen LogP contribution in [0.4, 0.5) is 0 Å². The molecule has 114 valence electrons. The Morgan fingerprint density at radius 1 is 1.30 bits per heavy atom. The number of halogens is 3. The summed E-state index contributed by atoms with van der Waals surface area (Å²) in [5.74, 6) is 0.174. The van der Waals surface area contributed by atoms with Crippen molar-refractivity contribution in [2.75, 3.05) is 12.4 Å². The molecule has 0 aromatic heterocycles. The Hall–Kier alpha value is -0.0100. The van der Waals surface area contributed by atoms with Gasteiger partial charge in [0.2, 0.25) is 10.0 Å². The molecule has 4 nitrogen and oxygen atoms in total. The maximum atomic E-state index is 11.2. The lowest BCUT2D eigenvalue weighted by atomic mass is 9.99. The Labute approximate surface area is 137 Å². The minimum absolute atomic E-state index is 0.109. The maximum absolute atomic E-state index is 11.2. The fourth-order valence-electron chi connectivity index (χ4n) is 1.54. The van der Waals surface area contributed by atoms with E-state index in [4.69, 9.17) is 33.1 Å². The average molecular weight is 405 g/mol. The van der Waals surface area contributed by atoms with Gasteiger partial charge in [0.25, 0.3) is 0 Å². The Balaban J connectivity index is 2.80. The van der Waals surface area contributed by atoms with Crippen molar-refractivity contribution in [2.45, 2.75) is 13.8 Å². The molecule has 0 aliphatic carbocycles. The van der Waals surface area contributed by atoms with Crippen LogP contribution in [0.2, 0.25) is 10.0 Å². The highest BCUT2D eigenvalue weighted by Crippen LogP contribution is 2.34. The molecule has 0 spiro atoms. The zero-order chi connectivity index (χ0) is 15.5. The quantitative estimate of drug-likeness (QED) is 0.735. The first-order valence-corrected chi connectivity index (χ1v) is 9.14. The minimum Gasteiger partial charge on any atom is -0.492 e. The van der Waals surface area contributed by atoms with Crippen LogP contribution in [-0.4, -0.2) is 20.8 Å². The molecule has 0 heterocycles. The van der Waals surface area contributed by atoms with E-state index >= 15 is 0 Å². The van der Waals surface area contributed by atoms with Gasteiger partial charge in [-0.25, -0.2) is 13.6 Å². The monoisotopic (exact) mass is 403 g/mol. The standard InChI is InChI=1S/C12H16BrCl2NO3S/c1-7(2)8(6-20(16,17)18)5-19-12-4-10(14)9(13)3-11(12)15/h3-4,7-8H,5-6H2,1-2H3,(H2,16,17,18). The number of rotatable bonds is 6. The molecule has 0 aliphatic rings. The number of benzene rings is 1. The predicted molar refractivity (Wildman–Crippen MR) is 86.0 cm³/mol. The van der Waals surface area contributed by atoms with Crippen LogP contribution in [0.5, 0.6) is 5.75 Å². The Kier molecular flexibility index (Phi) is 6.60. The zero-order valence-electron chi connectivity index (χ0n) is 11.1. The second kappa shape index (κ2) is 7.31. The van der Waals surface area contributed by atoms with Gasteiger partial charge in [-0.15, -0.1) is 0 Å². The Morgan fingerprint density at radius 3 is 2.40 bits per heavy atom. The largest absolute Gasteiger partial charge is 0.492 e. The molecule has 0 amide bonds. The summed E-state index contributed by atoms with van der Waals surface area (Å²) in [6, 6.07) is 3.21. The number of sulfonamides is 1. The van der Waals surface area contributed by atoms with E-state index in [0.29, 0.717) is 20.3 Å². The van der Waals surface area contributed by atoms with E-state index in [2.05, 4.69) is 15.9 Å². The molecule has 1 atom stereocenters. The molecule has 2 N–H and O–H groups in total. The maximum Gasteiger partial charge on any atom is 0.209 e. The second-order valence-electron chi connectivity index (χ2n) is 4.84. The number of nitrogens with two attached hydrogens (primary N) is 1. The van der Waals surface area contributed by atoms with Gasteiger partial charge in [-0.05, 0) is 27.9 Å². The highest BCUT2D eigenvalue weighted by molar-refractivity contribution is 9.10. The molecule has 1 unspecified atom stereocenters. The van der Waals surface area contributed by atoms with E-state index in [1.54, 1.807) is 12.1 Å². The number of primary sulfonamides is 1. The third-order valence-corrected chi connectivity index (χ3v) is 5.20. The van der Waals surface area contributed by atoms with Gasteiger partial charge in [0.1, 0.15) is 5.75 Å². The van der Waals surface area contributed by atoms with Crippen molar-refractivity contribution in [3.05, 3.63) is 26.7 Å². The Morgan fingerprint density at radius 2 is 1.90 bits per heavy atom. The van der Waals surface area contributed by atoms with E-state index in [1.807, 2.05) is 13.8 Å². The van der Waals surface area contributed by atoms with Crippen molar-refractivity contribution < 1.29 is 13.2 Å². The number of hydrogen-bond acceptors (Lipinski definition) is 3. The third-order valence-electron chi connectivity index (χ3n) is 2.82. The summed E-state index contributed by atoms with van der Waals surface area (Å²) >= 11 is 15.3. The topological polar surface area (TPSA) is 69.4 Å². The van der Waals surface area contributed by atoms with Crippen molar-refractivity contribution in [3.63, 3.8) is 0 Å². The molecule has 1 aromatic rings. The number of ether oxygens (including phenoxy) is 1. The SMILES string of the molecule is CC(C)C(COc1cc(Cl)c(Br)cc1Cl)CS(N)(=O)=O. The van der Waals surface area contributed by atoms with Gasteiger partial charge in [0, 0.05) is 16.5 Å². The first-order valence-electron chi connectivity index (χ1n) is 5.88. The average Bonchev–Trinajstić information content (AvgIpc) is 2.28. The van der Waals surface area contributed by atoms with Crippen LogP contribution in [-0.2, 0) is 10.0 Å². The normalized spacial score (nSPS) is 13.6. The van der Waals surface area contributed by atoms with Crippen molar-refractivity contribution in [2.24, 2.45) is 17.0 Å². The molecule has 0 radical (unpaired) electrons. The molecule has 8 heteroatoms. The summed E-state index contributed by atoms with van der Waals surface area (Å²) in [6.07, 6.45) is 0. The highest BCUT2D eigenvalue weighted by atomic mass is 79.9. The molecule has 0 aliphatic heterocycles. The van der Waals surface area contributed by atoms with Crippen LogP contribution in [0.25, 0.3) is 0 Å². The van der Waals surface area contributed by atoms with Crippen molar-refractivity contribution in [1.82, 2.24) is 0 Å². The van der Waals surface area contributed by atoms with Crippen LogP contribution >= 0.6 is 39.1 Å². The van der Waals surface area contributed by atoms with E-state index < -0.39 is 10.0 Å². The van der Waals surface area contributed by atoms with Crippen LogP contribution in [0.3, 0.4) is 0 Å². The lowest BCUT2D eigenvalue weighted by molar-refractivity contribution is 0.225. The summed E-state index contributed by atoms with van der Waals surface area (Å²) < 4.78 is 28.6. The first kappa shape index (κ1) is 18.0. The van der Waals surface area contributed by atoms with Crippen LogP contribution in [0, 0.1) is 11.8 Å². The lowest BCUT2D eigenvalue weighted by Gasteiger charge is -2.20. The lowest BCUT2D eigenvalue weighted by Crippen LogP contribution is -2.30. The Bertz CT molecular complexity index is 578. The van der Waals surface area contributed by atoms with Crippen molar-refractivity contribution in [3.8, 4) is 5.75 Å². The van der Waals surface area contributed by atoms with Gasteiger partial charge in [0.15, 0.2) is 0 Å². The smallest absolute Gasteiger partial charge is 0.209 e. The van der Waals surface area contributed by atoms with Gasteiger partial charge in [0.05, 0.1) is 22.4 Å². The molecule has 20 heavy (non-hydrogen) atoms. The first-order chi connectivity index (χ1) is 9.10. The van der Waals surface area contributed by atoms with Crippen molar-refractivity contribution >= 4 is 49.2 Å². The molecule has 1 aromatic carbocycles. The van der Waals surface area contributed by atoms with Gasteiger partial charge in [-0.3, -0.25) is 0 Å². The molecular formula is C12H16BrCl2NO3S. The summed E-state index contributed by atoms with van der Waals surface area (Å²) in [5, 5.41) is 5.95. The van der Waals surface area contributed by atoms with Crippen LogP contribution in [0.15, 0.2) is 16.6 Å². The third kappa shape index (κ3) is 5.77. The molecule has 0 saturated carbocycles. The van der Waals surface area contributed by atoms with Crippen LogP contribution < -0.4 is 9.88 Å². The van der Waals surface area contributed by atoms with E-state index in [1.165, 1.54) is 0 Å². The highest BCUT2D eigenvalue weighted by Gasteiger charge is 2.21. The summed E-state index contributed by atoms with van der Waals surface area (Å²) in [7, 11) is -3.54. The van der Waals surface area contributed by atoms with E-state index in [-0.39, 0.29) is 24.2 Å². The van der Waals surface area contributed by atoms with Gasteiger partial charge >= 0.3 is 0 Å². The summed E-state index contributed by atoms with van der Waals surface area (Å²) in [4.78, 5) is 0. The number of hydrogen-bond donors (Lipinski definition) is 1. The molecular weight excluding hydrogens is 389 g/mol. The molecule has 0 bridgehead atoms. The van der Waals surface area contributed by atoms with Crippen molar-refractivity contribution in [1.29, 1.82) is 0 Å². The van der Waals surface area contributed by atoms with Gasteiger partial charge in [-0.1, -0.05) is 37.0 Å². The van der Waals surface area contributed by atoms with Gasteiger partial charge < -0.3 is 4.74 Å². The molecule has 1 rings (SSSR count). The fraction of sp³-hybridized carbons (Fsp3) is 0.500. The van der Waals surface area contributed by atoms with E-state index in [9.17, 15) is 8.42 Å². The fourth-order valence-corrected chi connectivity index (χ4v) is 3.47. The van der Waals surface area contributed by atoms with Crippen LogP contribution in [0.1, 0.15) is 13.8 Å². The molecule has 0 fully saturated rings. The van der Waals surface area contributed by atoms with Gasteiger partial charge in [-0.2, -0.15) is 0 Å². The second-order valence-corrected chi connectivity index (χ2v) is 8.17.